The highest BCUT2D eigenvalue weighted by Gasteiger charge is 2.15. The van der Waals surface area contributed by atoms with Gasteiger partial charge in [0, 0.05) is 11.9 Å². The van der Waals surface area contributed by atoms with Gasteiger partial charge in [-0.2, -0.15) is 0 Å². The number of amides is 2. The summed E-state index contributed by atoms with van der Waals surface area (Å²) in [5, 5.41) is 10.00. The van der Waals surface area contributed by atoms with E-state index in [1.54, 1.807) is 6.07 Å². The first-order chi connectivity index (χ1) is 11.7. The van der Waals surface area contributed by atoms with Crippen LogP contribution in [0, 0.1) is 5.92 Å². The van der Waals surface area contributed by atoms with Crippen molar-refractivity contribution >= 4 is 39.6 Å². The maximum atomic E-state index is 12.0. The number of anilines is 1. The SMILES string of the molecule is O=C(Cc1csc(NC(=O)c2cccs2)n1)NCC1CCCCC1. The number of nitrogens with one attached hydrogen (secondary N) is 2. The van der Waals surface area contributed by atoms with Gasteiger partial charge in [0.25, 0.3) is 5.91 Å². The van der Waals surface area contributed by atoms with E-state index >= 15 is 0 Å². The van der Waals surface area contributed by atoms with Gasteiger partial charge in [0.1, 0.15) is 0 Å². The summed E-state index contributed by atoms with van der Waals surface area (Å²) in [6, 6.07) is 3.61. The minimum Gasteiger partial charge on any atom is -0.355 e. The minimum atomic E-state index is -0.160. The first-order valence-corrected chi connectivity index (χ1v) is 10.0. The molecule has 2 aromatic rings. The third kappa shape index (κ3) is 4.88. The molecule has 0 saturated heterocycles. The molecule has 0 spiro atoms. The number of thiazole rings is 1. The molecule has 0 bridgehead atoms. The summed E-state index contributed by atoms with van der Waals surface area (Å²) in [6.07, 6.45) is 6.58. The fourth-order valence-corrected chi connectivity index (χ4v) is 4.21. The zero-order chi connectivity index (χ0) is 16.8. The second-order valence-corrected chi connectivity index (χ2v) is 7.87. The highest BCUT2D eigenvalue weighted by atomic mass is 32.1. The molecule has 2 amide bonds. The van der Waals surface area contributed by atoms with Crippen LogP contribution in [0.1, 0.15) is 47.5 Å². The molecule has 0 radical (unpaired) electrons. The maximum Gasteiger partial charge on any atom is 0.267 e. The van der Waals surface area contributed by atoms with Crippen molar-refractivity contribution in [1.82, 2.24) is 10.3 Å². The Bertz CT molecular complexity index is 676. The monoisotopic (exact) mass is 363 g/mol. The predicted molar refractivity (Wildman–Crippen MR) is 97.7 cm³/mol. The van der Waals surface area contributed by atoms with Crippen molar-refractivity contribution in [3.05, 3.63) is 33.5 Å². The van der Waals surface area contributed by atoms with Gasteiger partial charge in [-0.25, -0.2) is 4.98 Å². The number of carbonyl (C=O) groups is 2. The van der Waals surface area contributed by atoms with Crippen molar-refractivity contribution in [1.29, 1.82) is 0 Å². The summed E-state index contributed by atoms with van der Waals surface area (Å²) in [5.41, 5.74) is 0.697. The molecule has 128 valence electrons. The molecule has 1 aliphatic carbocycles. The largest absolute Gasteiger partial charge is 0.355 e. The van der Waals surface area contributed by atoms with Crippen LogP contribution in [0.25, 0.3) is 0 Å². The molecular formula is C17H21N3O2S2. The second-order valence-electron chi connectivity index (χ2n) is 6.06. The van der Waals surface area contributed by atoms with Crippen LogP contribution >= 0.6 is 22.7 Å². The van der Waals surface area contributed by atoms with Crippen LogP contribution in [0.3, 0.4) is 0 Å². The lowest BCUT2D eigenvalue weighted by molar-refractivity contribution is -0.120. The lowest BCUT2D eigenvalue weighted by Gasteiger charge is -2.21. The first-order valence-electron chi connectivity index (χ1n) is 8.26. The lowest BCUT2D eigenvalue weighted by atomic mass is 9.89. The van der Waals surface area contributed by atoms with Gasteiger partial charge in [-0.05, 0) is 30.2 Å². The first kappa shape index (κ1) is 17.1. The van der Waals surface area contributed by atoms with E-state index in [0.29, 0.717) is 21.6 Å². The Labute approximate surface area is 149 Å². The Morgan fingerprint density at radius 2 is 2.04 bits per heavy atom. The average molecular weight is 364 g/mol. The van der Waals surface area contributed by atoms with Crippen molar-refractivity contribution in [2.24, 2.45) is 5.92 Å². The molecule has 1 fully saturated rings. The van der Waals surface area contributed by atoms with Gasteiger partial charge in [0.15, 0.2) is 5.13 Å². The zero-order valence-corrected chi connectivity index (χ0v) is 15.0. The molecule has 0 unspecified atom stereocenters. The number of hydrogen-bond acceptors (Lipinski definition) is 5. The highest BCUT2D eigenvalue weighted by molar-refractivity contribution is 7.14. The molecule has 2 N–H and O–H groups in total. The van der Waals surface area contributed by atoms with E-state index in [2.05, 4.69) is 15.6 Å². The molecule has 5 nitrogen and oxygen atoms in total. The normalized spacial score (nSPS) is 15.2. The number of carbonyl (C=O) groups excluding carboxylic acids is 2. The molecule has 0 aliphatic heterocycles. The van der Waals surface area contributed by atoms with Crippen LogP contribution in [0.4, 0.5) is 5.13 Å². The average Bonchev–Trinajstić information content (AvgIpc) is 3.26. The molecule has 1 saturated carbocycles. The summed E-state index contributed by atoms with van der Waals surface area (Å²) in [6.45, 7) is 0.769. The Hall–Kier alpha value is -1.73. The van der Waals surface area contributed by atoms with Crippen molar-refractivity contribution in [2.75, 3.05) is 11.9 Å². The summed E-state index contributed by atoms with van der Waals surface area (Å²) in [4.78, 5) is 29.0. The van der Waals surface area contributed by atoms with Crippen LogP contribution in [0.15, 0.2) is 22.9 Å². The number of rotatable bonds is 6. The van der Waals surface area contributed by atoms with E-state index < -0.39 is 0 Å². The van der Waals surface area contributed by atoms with Crippen molar-refractivity contribution < 1.29 is 9.59 Å². The van der Waals surface area contributed by atoms with Crippen LogP contribution < -0.4 is 10.6 Å². The molecule has 3 rings (SSSR count). The van der Waals surface area contributed by atoms with Crippen LogP contribution in [0.5, 0.6) is 0 Å². The lowest BCUT2D eigenvalue weighted by Crippen LogP contribution is -2.31. The van der Waals surface area contributed by atoms with E-state index in [1.165, 1.54) is 54.8 Å². The third-order valence-electron chi connectivity index (χ3n) is 4.17. The summed E-state index contributed by atoms with van der Waals surface area (Å²) >= 11 is 2.73. The Morgan fingerprint density at radius 3 is 2.79 bits per heavy atom. The van der Waals surface area contributed by atoms with Gasteiger partial charge in [-0.1, -0.05) is 25.3 Å². The van der Waals surface area contributed by atoms with Crippen LogP contribution in [-0.4, -0.2) is 23.3 Å². The molecule has 0 atom stereocenters. The number of nitrogens with zero attached hydrogens (tertiary/aromatic N) is 1. The van der Waals surface area contributed by atoms with Crippen molar-refractivity contribution in [3.63, 3.8) is 0 Å². The molecule has 7 heteroatoms. The Morgan fingerprint density at radius 1 is 1.21 bits per heavy atom. The van der Waals surface area contributed by atoms with E-state index in [4.69, 9.17) is 0 Å². The van der Waals surface area contributed by atoms with E-state index in [-0.39, 0.29) is 18.2 Å². The molecule has 0 aromatic carbocycles. The van der Waals surface area contributed by atoms with Gasteiger partial charge in [0.2, 0.25) is 5.91 Å². The van der Waals surface area contributed by atoms with Crippen molar-refractivity contribution in [3.8, 4) is 0 Å². The standard InChI is InChI=1S/C17H21N3O2S2/c21-15(18-10-12-5-2-1-3-6-12)9-13-11-24-17(19-13)20-16(22)14-7-4-8-23-14/h4,7-8,11-12H,1-3,5-6,9-10H2,(H,18,21)(H,19,20,22). The summed E-state index contributed by atoms with van der Waals surface area (Å²) in [7, 11) is 0. The zero-order valence-electron chi connectivity index (χ0n) is 13.4. The topological polar surface area (TPSA) is 71.1 Å². The van der Waals surface area contributed by atoms with Crippen LogP contribution in [0.2, 0.25) is 0 Å². The molecule has 24 heavy (non-hydrogen) atoms. The molecule has 1 aliphatic rings. The van der Waals surface area contributed by atoms with Gasteiger partial charge >= 0.3 is 0 Å². The number of aromatic nitrogens is 1. The van der Waals surface area contributed by atoms with Crippen LogP contribution in [-0.2, 0) is 11.2 Å². The third-order valence-corrected chi connectivity index (χ3v) is 5.85. The number of thiophene rings is 1. The number of hydrogen-bond donors (Lipinski definition) is 2. The van der Waals surface area contributed by atoms with Gasteiger partial charge < -0.3 is 5.32 Å². The quantitative estimate of drug-likeness (QED) is 0.822. The second kappa shape index (κ2) is 8.39. The van der Waals surface area contributed by atoms with E-state index in [9.17, 15) is 9.59 Å². The highest BCUT2D eigenvalue weighted by Crippen LogP contribution is 2.23. The molecular weight excluding hydrogens is 342 g/mol. The minimum absolute atomic E-state index is 0.00186. The Kier molecular flexibility index (Phi) is 5.98. The maximum absolute atomic E-state index is 12.0. The molecule has 2 aromatic heterocycles. The fourth-order valence-electron chi connectivity index (χ4n) is 2.89. The van der Waals surface area contributed by atoms with Gasteiger partial charge in [0.05, 0.1) is 17.0 Å². The predicted octanol–water partition coefficient (Wildman–Crippen LogP) is 3.70. The smallest absolute Gasteiger partial charge is 0.267 e. The summed E-state index contributed by atoms with van der Waals surface area (Å²) in [5.74, 6) is 0.466. The van der Waals surface area contributed by atoms with Gasteiger partial charge in [-0.3, -0.25) is 14.9 Å². The van der Waals surface area contributed by atoms with E-state index in [0.717, 1.165) is 6.54 Å². The Balaban J connectivity index is 1.45. The fraction of sp³-hybridized carbons (Fsp3) is 0.471. The van der Waals surface area contributed by atoms with Gasteiger partial charge in [-0.15, -0.1) is 22.7 Å². The van der Waals surface area contributed by atoms with Crippen molar-refractivity contribution in [2.45, 2.75) is 38.5 Å². The summed E-state index contributed by atoms with van der Waals surface area (Å²) < 4.78 is 0. The molecule has 2 heterocycles. The van der Waals surface area contributed by atoms with E-state index in [1.807, 2.05) is 16.8 Å².